The molecule has 0 aliphatic carbocycles. The van der Waals surface area contributed by atoms with Crippen LogP contribution < -0.4 is 11.1 Å². The molecule has 0 unspecified atom stereocenters. The Kier molecular flexibility index (Phi) is 4.57. The van der Waals surface area contributed by atoms with Gasteiger partial charge in [0.2, 0.25) is 0 Å². The number of nitrogens with two attached hydrogens (primary N) is 1. The van der Waals surface area contributed by atoms with E-state index in [0.29, 0.717) is 17.9 Å². The van der Waals surface area contributed by atoms with Crippen LogP contribution in [-0.2, 0) is 0 Å². The minimum Gasteiger partial charge on any atom is -0.399 e. The van der Waals surface area contributed by atoms with Gasteiger partial charge in [0.15, 0.2) is 5.69 Å². The molecule has 1 heterocycles. The molecule has 0 saturated carbocycles. The van der Waals surface area contributed by atoms with Crippen molar-refractivity contribution in [2.45, 2.75) is 12.8 Å². The Morgan fingerprint density at radius 1 is 1.40 bits per heavy atom. The van der Waals surface area contributed by atoms with Crippen molar-refractivity contribution < 1.29 is 4.79 Å². The smallest absolute Gasteiger partial charge is 0.272 e. The summed E-state index contributed by atoms with van der Waals surface area (Å²) in [6.45, 7) is 1.68. The van der Waals surface area contributed by atoms with Crippen LogP contribution in [0.15, 0.2) is 18.2 Å². The molecule has 6 heteroatoms. The van der Waals surface area contributed by atoms with Gasteiger partial charge in [-0.2, -0.15) is 5.10 Å². The van der Waals surface area contributed by atoms with Gasteiger partial charge in [0, 0.05) is 17.6 Å². The van der Waals surface area contributed by atoms with Gasteiger partial charge in [-0.25, -0.2) is 0 Å². The van der Waals surface area contributed by atoms with Gasteiger partial charge in [-0.3, -0.25) is 9.89 Å². The Labute approximate surface area is 118 Å². The monoisotopic (exact) mass is 275 g/mol. The molecule has 2 aromatic rings. The SMILES string of the molecule is CN(C)CCCCNC(=O)c1n[nH]c2ccc(N)cc12. The van der Waals surface area contributed by atoms with E-state index in [1.807, 2.05) is 20.2 Å². The van der Waals surface area contributed by atoms with Crippen molar-refractivity contribution in [3.05, 3.63) is 23.9 Å². The maximum atomic E-state index is 12.1. The first-order valence-corrected chi connectivity index (χ1v) is 6.74. The lowest BCUT2D eigenvalue weighted by atomic mass is 10.2. The summed E-state index contributed by atoms with van der Waals surface area (Å²) < 4.78 is 0. The van der Waals surface area contributed by atoms with Crippen LogP contribution in [-0.4, -0.2) is 48.2 Å². The van der Waals surface area contributed by atoms with Gasteiger partial charge >= 0.3 is 0 Å². The normalized spacial score (nSPS) is 11.2. The largest absolute Gasteiger partial charge is 0.399 e. The molecule has 0 saturated heterocycles. The topological polar surface area (TPSA) is 87.0 Å². The highest BCUT2D eigenvalue weighted by Gasteiger charge is 2.13. The number of carbonyl (C=O) groups excluding carboxylic acids is 1. The Bertz CT molecular complexity index is 590. The maximum absolute atomic E-state index is 12.1. The van der Waals surface area contributed by atoms with E-state index < -0.39 is 0 Å². The lowest BCUT2D eigenvalue weighted by Gasteiger charge is -2.09. The second kappa shape index (κ2) is 6.38. The summed E-state index contributed by atoms with van der Waals surface area (Å²) in [5, 5.41) is 10.6. The van der Waals surface area contributed by atoms with Crippen LogP contribution in [0.4, 0.5) is 5.69 Å². The molecule has 1 aromatic carbocycles. The van der Waals surface area contributed by atoms with Crippen molar-refractivity contribution >= 4 is 22.5 Å². The zero-order valence-corrected chi connectivity index (χ0v) is 11.9. The molecule has 4 N–H and O–H groups in total. The van der Waals surface area contributed by atoms with Gasteiger partial charge < -0.3 is 16.0 Å². The van der Waals surface area contributed by atoms with Gasteiger partial charge in [-0.1, -0.05) is 0 Å². The lowest BCUT2D eigenvalue weighted by molar-refractivity contribution is 0.0949. The van der Waals surface area contributed by atoms with Gasteiger partial charge in [-0.05, 0) is 51.7 Å². The number of nitrogens with one attached hydrogen (secondary N) is 2. The first-order valence-electron chi connectivity index (χ1n) is 6.74. The molecule has 20 heavy (non-hydrogen) atoms. The minimum atomic E-state index is -0.160. The van der Waals surface area contributed by atoms with E-state index in [4.69, 9.17) is 5.73 Å². The molecule has 6 nitrogen and oxygen atoms in total. The number of aromatic nitrogens is 2. The number of nitrogens with zero attached hydrogens (tertiary/aromatic N) is 2. The Hall–Kier alpha value is -2.08. The molecule has 0 bridgehead atoms. The van der Waals surface area contributed by atoms with E-state index >= 15 is 0 Å². The number of fused-ring (bicyclic) bond motifs is 1. The lowest BCUT2D eigenvalue weighted by Crippen LogP contribution is -2.25. The molecule has 1 aromatic heterocycles. The second-order valence-electron chi connectivity index (χ2n) is 5.14. The van der Waals surface area contributed by atoms with Crippen LogP contribution in [0.3, 0.4) is 0 Å². The van der Waals surface area contributed by atoms with Crippen LogP contribution in [0.2, 0.25) is 0 Å². The quantitative estimate of drug-likeness (QED) is 0.546. The summed E-state index contributed by atoms with van der Waals surface area (Å²) in [5.74, 6) is -0.160. The highest BCUT2D eigenvalue weighted by atomic mass is 16.1. The van der Waals surface area contributed by atoms with Crippen LogP contribution >= 0.6 is 0 Å². The number of aromatic amines is 1. The summed E-state index contributed by atoms with van der Waals surface area (Å²) >= 11 is 0. The number of rotatable bonds is 6. The number of nitrogen functional groups attached to an aromatic ring is 1. The second-order valence-corrected chi connectivity index (χ2v) is 5.14. The highest BCUT2D eigenvalue weighted by molar-refractivity contribution is 6.05. The number of amides is 1. The molecule has 0 aliphatic heterocycles. The van der Waals surface area contributed by atoms with E-state index in [1.165, 1.54) is 0 Å². The van der Waals surface area contributed by atoms with E-state index in [2.05, 4.69) is 20.4 Å². The predicted molar refractivity (Wildman–Crippen MR) is 80.6 cm³/mol. The van der Waals surface area contributed by atoms with E-state index in [0.717, 1.165) is 30.3 Å². The molecular weight excluding hydrogens is 254 g/mol. The predicted octanol–water partition coefficient (Wildman–Crippen LogP) is 1.22. The third-order valence-electron chi connectivity index (χ3n) is 3.12. The van der Waals surface area contributed by atoms with Crippen molar-refractivity contribution in [1.82, 2.24) is 20.4 Å². The first kappa shape index (κ1) is 14.3. The van der Waals surface area contributed by atoms with Crippen molar-refractivity contribution in [1.29, 1.82) is 0 Å². The average molecular weight is 275 g/mol. The molecule has 108 valence electrons. The van der Waals surface area contributed by atoms with Gasteiger partial charge in [0.1, 0.15) is 0 Å². The summed E-state index contributed by atoms with van der Waals surface area (Å²) in [5.41, 5.74) is 7.59. The third kappa shape index (κ3) is 3.48. The fraction of sp³-hybridized carbons (Fsp3) is 0.429. The molecule has 0 atom stereocenters. The first-order chi connectivity index (χ1) is 9.58. The molecule has 2 rings (SSSR count). The minimum absolute atomic E-state index is 0.160. The Morgan fingerprint density at radius 2 is 2.20 bits per heavy atom. The molecule has 0 spiro atoms. The summed E-state index contributed by atoms with van der Waals surface area (Å²) in [6.07, 6.45) is 2.01. The number of benzene rings is 1. The summed E-state index contributed by atoms with van der Waals surface area (Å²) in [4.78, 5) is 14.2. The molecule has 1 amide bonds. The fourth-order valence-corrected chi connectivity index (χ4v) is 2.04. The third-order valence-corrected chi connectivity index (χ3v) is 3.12. The van der Waals surface area contributed by atoms with Gasteiger partial charge in [-0.15, -0.1) is 0 Å². The number of hydrogen-bond donors (Lipinski definition) is 3. The highest BCUT2D eigenvalue weighted by Crippen LogP contribution is 2.18. The van der Waals surface area contributed by atoms with Crippen molar-refractivity contribution in [2.75, 3.05) is 32.9 Å². The summed E-state index contributed by atoms with van der Waals surface area (Å²) in [6, 6.07) is 5.37. The van der Waals surface area contributed by atoms with Crippen molar-refractivity contribution in [2.24, 2.45) is 0 Å². The zero-order chi connectivity index (χ0) is 14.5. The standard InChI is InChI=1S/C14H21N5O/c1-19(2)8-4-3-7-16-14(20)13-11-9-10(15)5-6-12(11)17-18-13/h5-6,9H,3-4,7-8,15H2,1-2H3,(H,16,20)(H,17,18). The average Bonchev–Trinajstić information content (AvgIpc) is 2.80. The van der Waals surface area contributed by atoms with Crippen molar-refractivity contribution in [3.8, 4) is 0 Å². The van der Waals surface area contributed by atoms with E-state index in [9.17, 15) is 4.79 Å². The number of anilines is 1. The van der Waals surface area contributed by atoms with E-state index in [1.54, 1.807) is 12.1 Å². The summed E-state index contributed by atoms with van der Waals surface area (Å²) in [7, 11) is 4.08. The molecule has 0 fully saturated rings. The molecule has 0 radical (unpaired) electrons. The van der Waals surface area contributed by atoms with Crippen LogP contribution in [0, 0.1) is 0 Å². The Balaban J connectivity index is 1.93. The van der Waals surface area contributed by atoms with Crippen molar-refractivity contribution in [3.63, 3.8) is 0 Å². The molecule has 0 aliphatic rings. The number of hydrogen-bond acceptors (Lipinski definition) is 4. The fourth-order valence-electron chi connectivity index (χ4n) is 2.04. The molecular formula is C14H21N5O. The van der Waals surface area contributed by atoms with Crippen LogP contribution in [0.25, 0.3) is 10.9 Å². The maximum Gasteiger partial charge on any atom is 0.272 e. The van der Waals surface area contributed by atoms with Gasteiger partial charge in [0.25, 0.3) is 5.91 Å². The number of carbonyl (C=O) groups is 1. The van der Waals surface area contributed by atoms with Crippen LogP contribution in [0.1, 0.15) is 23.3 Å². The van der Waals surface area contributed by atoms with E-state index in [-0.39, 0.29) is 5.91 Å². The Morgan fingerprint density at radius 3 is 2.95 bits per heavy atom. The number of H-pyrrole nitrogens is 1. The number of unbranched alkanes of at least 4 members (excludes halogenated alkanes) is 1. The van der Waals surface area contributed by atoms with Gasteiger partial charge in [0.05, 0.1) is 5.52 Å². The van der Waals surface area contributed by atoms with Crippen LogP contribution in [0.5, 0.6) is 0 Å². The zero-order valence-electron chi connectivity index (χ0n) is 11.9.